The molecule has 0 atom stereocenters. The van der Waals surface area contributed by atoms with Gasteiger partial charge in [-0.05, 0) is 43.3 Å². The van der Waals surface area contributed by atoms with Crippen LogP contribution in [0, 0.1) is 6.92 Å². The van der Waals surface area contributed by atoms with Crippen molar-refractivity contribution >= 4 is 22.6 Å². The molecule has 2 aromatic carbocycles. The zero-order chi connectivity index (χ0) is 22.9. The minimum atomic E-state index is 0.0738. The van der Waals surface area contributed by atoms with Gasteiger partial charge in [0.25, 0.3) is 5.91 Å². The highest BCUT2D eigenvalue weighted by Gasteiger charge is 2.29. The van der Waals surface area contributed by atoms with Crippen molar-refractivity contribution in [3.8, 4) is 17.0 Å². The SMILES string of the molecule is COc1cccc(-c2c(C(=O)N3CCN(c4ccccn4)CC3)c3cc(C)ccc3n2C)c1. The van der Waals surface area contributed by atoms with Crippen LogP contribution in [0.4, 0.5) is 5.82 Å². The molecule has 1 saturated heterocycles. The van der Waals surface area contributed by atoms with Gasteiger partial charge in [0.1, 0.15) is 11.6 Å². The Morgan fingerprint density at radius 3 is 2.52 bits per heavy atom. The van der Waals surface area contributed by atoms with E-state index in [0.29, 0.717) is 13.1 Å². The summed E-state index contributed by atoms with van der Waals surface area (Å²) in [7, 11) is 3.69. The predicted octanol–water partition coefficient (Wildman–Crippen LogP) is 4.52. The lowest BCUT2D eigenvalue weighted by molar-refractivity contribution is 0.0749. The standard InChI is InChI=1S/C27H28N4O2/c1-19-10-11-23-22(17-19)25(26(29(23)2)20-7-6-8-21(18-20)33-3)27(32)31-15-13-30(14-16-31)24-9-4-5-12-28-24/h4-12,17-18H,13-16H2,1-3H3. The number of carbonyl (C=O) groups excluding carboxylic acids is 1. The van der Waals surface area contributed by atoms with Crippen molar-refractivity contribution in [3.05, 3.63) is 78.0 Å². The lowest BCUT2D eigenvalue weighted by Gasteiger charge is -2.35. The quantitative estimate of drug-likeness (QED) is 0.468. The summed E-state index contributed by atoms with van der Waals surface area (Å²) in [6.45, 7) is 4.92. The van der Waals surface area contributed by atoms with Gasteiger partial charge >= 0.3 is 0 Å². The van der Waals surface area contributed by atoms with Gasteiger partial charge in [-0.2, -0.15) is 0 Å². The molecule has 4 aromatic rings. The van der Waals surface area contributed by atoms with E-state index in [-0.39, 0.29) is 5.91 Å². The second-order valence-corrected chi connectivity index (χ2v) is 8.50. The number of piperazine rings is 1. The zero-order valence-electron chi connectivity index (χ0n) is 19.3. The fourth-order valence-electron chi connectivity index (χ4n) is 4.72. The second kappa shape index (κ2) is 8.62. The van der Waals surface area contributed by atoms with Crippen molar-refractivity contribution in [3.63, 3.8) is 0 Å². The molecule has 0 spiro atoms. The van der Waals surface area contributed by atoms with Crippen molar-refractivity contribution < 1.29 is 9.53 Å². The Balaban J connectivity index is 1.54. The van der Waals surface area contributed by atoms with Crippen LogP contribution in [0.5, 0.6) is 5.75 Å². The van der Waals surface area contributed by atoms with Gasteiger partial charge in [-0.25, -0.2) is 4.98 Å². The van der Waals surface area contributed by atoms with E-state index in [4.69, 9.17) is 4.74 Å². The van der Waals surface area contributed by atoms with Crippen molar-refractivity contribution in [1.29, 1.82) is 0 Å². The minimum Gasteiger partial charge on any atom is -0.497 e. The molecule has 2 aromatic heterocycles. The molecule has 1 amide bonds. The maximum Gasteiger partial charge on any atom is 0.256 e. The Kier molecular flexibility index (Phi) is 5.50. The molecule has 0 N–H and O–H groups in total. The first-order chi connectivity index (χ1) is 16.1. The molecular weight excluding hydrogens is 412 g/mol. The normalized spacial score (nSPS) is 14.0. The van der Waals surface area contributed by atoms with E-state index in [0.717, 1.165) is 57.9 Å². The lowest BCUT2D eigenvalue weighted by Crippen LogP contribution is -2.49. The smallest absolute Gasteiger partial charge is 0.256 e. The number of benzene rings is 2. The van der Waals surface area contributed by atoms with Crippen molar-refractivity contribution in [2.45, 2.75) is 6.92 Å². The Morgan fingerprint density at radius 1 is 0.970 bits per heavy atom. The van der Waals surface area contributed by atoms with Crippen LogP contribution in [0.1, 0.15) is 15.9 Å². The number of nitrogens with zero attached hydrogens (tertiary/aromatic N) is 4. The maximum absolute atomic E-state index is 14.0. The molecule has 6 heteroatoms. The van der Waals surface area contributed by atoms with Crippen molar-refractivity contribution in [1.82, 2.24) is 14.5 Å². The number of pyridine rings is 1. The largest absolute Gasteiger partial charge is 0.497 e. The van der Waals surface area contributed by atoms with Crippen LogP contribution < -0.4 is 9.64 Å². The summed E-state index contributed by atoms with van der Waals surface area (Å²) in [6.07, 6.45) is 1.81. The molecule has 33 heavy (non-hydrogen) atoms. The van der Waals surface area contributed by atoms with Crippen LogP contribution in [0.15, 0.2) is 66.9 Å². The molecule has 168 valence electrons. The molecule has 0 aliphatic carbocycles. The molecule has 1 fully saturated rings. The molecule has 0 saturated carbocycles. The third-order valence-corrected chi connectivity index (χ3v) is 6.45. The average molecular weight is 441 g/mol. The Morgan fingerprint density at radius 2 is 1.79 bits per heavy atom. The maximum atomic E-state index is 14.0. The third-order valence-electron chi connectivity index (χ3n) is 6.45. The number of rotatable bonds is 4. The number of anilines is 1. The van der Waals surface area contributed by atoms with Gasteiger partial charge in [0, 0.05) is 55.9 Å². The molecule has 3 heterocycles. The number of aryl methyl sites for hydroxylation is 2. The highest BCUT2D eigenvalue weighted by atomic mass is 16.5. The summed E-state index contributed by atoms with van der Waals surface area (Å²) in [5, 5.41) is 0.993. The summed E-state index contributed by atoms with van der Waals surface area (Å²) in [4.78, 5) is 22.6. The van der Waals surface area contributed by atoms with Gasteiger partial charge < -0.3 is 19.1 Å². The number of ether oxygens (including phenoxy) is 1. The molecular formula is C27H28N4O2. The van der Waals surface area contributed by atoms with E-state index >= 15 is 0 Å². The predicted molar refractivity (Wildman–Crippen MR) is 132 cm³/mol. The number of methoxy groups -OCH3 is 1. The summed E-state index contributed by atoms with van der Waals surface area (Å²) in [5.41, 5.74) is 4.84. The highest BCUT2D eigenvalue weighted by molar-refractivity contribution is 6.13. The van der Waals surface area contributed by atoms with Gasteiger partial charge in [0.15, 0.2) is 0 Å². The van der Waals surface area contributed by atoms with E-state index < -0.39 is 0 Å². The van der Waals surface area contributed by atoms with Gasteiger partial charge in [0.05, 0.1) is 18.4 Å². The Hall–Kier alpha value is -3.80. The average Bonchev–Trinajstić information content (AvgIpc) is 3.15. The number of amides is 1. The van der Waals surface area contributed by atoms with E-state index in [1.807, 2.05) is 60.6 Å². The summed E-state index contributed by atoms with van der Waals surface area (Å²) in [6, 6.07) is 20.2. The van der Waals surface area contributed by atoms with Crippen LogP contribution in [0.25, 0.3) is 22.2 Å². The van der Waals surface area contributed by atoms with Crippen LogP contribution in [0.3, 0.4) is 0 Å². The fraction of sp³-hybridized carbons (Fsp3) is 0.259. The molecule has 1 aliphatic heterocycles. The van der Waals surface area contributed by atoms with Gasteiger partial charge in [-0.3, -0.25) is 4.79 Å². The highest BCUT2D eigenvalue weighted by Crippen LogP contribution is 2.36. The molecule has 6 nitrogen and oxygen atoms in total. The van der Waals surface area contributed by atoms with E-state index in [2.05, 4.69) is 39.6 Å². The van der Waals surface area contributed by atoms with E-state index in [1.165, 1.54) is 0 Å². The Labute approximate surface area is 194 Å². The van der Waals surface area contributed by atoms with Crippen LogP contribution in [-0.4, -0.2) is 53.6 Å². The molecule has 0 radical (unpaired) electrons. The fourth-order valence-corrected chi connectivity index (χ4v) is 4.72. The summed E-state index contributed by atoms with van der Waals surface area (Å²) in [5.74, 6) is 1.81. The summed E-state index contributed by atoms with van der Waals surface area (Å²) >= 11 is 0. The van der Waals surface area contributed by atoms with Crippen LogP contribution in [0.2, 0.25) is 0 Å². The first-order valence-electron chi connectivity index (χ1n) is 11.3. The lowest BCUT2D eigenvalue weighted by atomic mass is 10.0. The zero-order valence-corrected chi connectivity index (χ0v) is 19.3. The monoisotopic (exact) mass is 440 g/mol. The first kappa shape index (κ1) is 21.1. The summed E-state index contributed by atoms with van der Waals surface area (Å²) < 4.78 is 7.59. The van der Waals surface area contributed by atoms with Crippen molar-refractivity contribution in [2.24, 2.45) is 7.05 Å². The van der Waals surface area contributed by atoms with Gasteiger partial charge in [-0.1, -0.05) is 29.8 Å². The van der Waals surface area contributed by atoms with Crippen LogP contribution >= 0.6 is 0 Å². The third kappa shape index (κ3) is 3.82. The molecule has 0 unspecified atom stereocenters. The number of carbonyl (C=O) groups is 1. The van der Waals surface area contributed by atoms with Crippen LogP contribution in [-0.2, 0) is 7.05 Å². The van der Waals surface area contributed by atoms with Crippen molar-refractivity contribution in [2.75, 3.05) is 38.2 Å². The second-order valence-electron chi connectivity index (χ2n) is 8.50. The van der Waals surface area contributed by atoms with Gasteiger partial charge in [0.2, 0.25) is 0 Å². The number of hydrogen-bond donors (Lipinski definition) is 0. The van der Waals surface area contributed by atoms with Gasteiger partial charge in [-0.15, -0.1) is 0 Å². The van der Waals surface area contributed by atoms with E-state index in [1.54, 1.807) is 7.11 Å². The number of hydrogen-bond acceptors (Lipinski definition) is 4. The minimum absolute atomic E-state index is 0.0738. The Bertz CT molecular complexity index is 1300. The number of aromatic nitrogens is 2. The van der Waals surface area contributed by atoms with E-state index in [9.17, 15) is 4.79 Å². The molecule has 5 rings (SSSR count). The number of fused-ring (bicyclic) bond motifs is 1. The topological polar surface area (TPSA) is 50.6 Å². The first-order valence-corrected chi connectivity index (χ1v) is 11.3. The molecule has 1 aliphatic rings. The molecule has 0 bridgehead atoms.